The number of carbonyl (C=O) groups excluding carboxylic acids is 1. The molecule has 3 heterocycles. The number of hydrogen-bond donors (Lipinski definition) is 1. The van der Waals surface area contributed by atoms with Crippen LogP contribution in [0.3, 0.4) is 0 Å². The Morgan fingerprint density at radius 3 is 2.58 bits per heavy atom. The predicted molar refractivity (Wildman–Crippen MR) is 124 cm³/mol. The Labute approximate surface area is 196 Å². The highest BCUT2D eigenvalue weighted by atomic mass is 35.5. The van der Waals surface area contributed by atoms with E-state index in [1.54, 1.807) is 29.3 Å². The third kappa shape index (κ3) is 4.88. The summed E-state index contributed by atoms with van der Waals surface area (Å²) in [6.45, 7) is 8.02. The van der Waals surface area contributed by atoms with Crippen molar-refractivity contribution in [3.63, 3.8) is 0 Å². The molecule has 1 N–H and O–H groups in total. The van der Waals surface area contributed by atoms with E-state index in [1.165, 1.54) is 0 Å². The maximum Gasteiger partial charge on any atom is 0.253 e. The molecule has 0 aliphatic carbocycles. The molecule has 3 aromatic heterocycles. The summed E-state index contributed by atoms with van der Waals surface area (Å²) in [5.41, 5.74) is 4.63. The predicted octanol–water partition coefficient (Wildman–Crippen LogP) is 3.84. The van der Waals surface area contributed by atoms with E-state index in [4.69, 9.17) is 11.6 Å². The van der Waals surface area contributed by atoms with Crippen LogP contribution in [0.4, 0.5) is 0 Å². The molecule has 4 aromatic rings. The summed E-state index contributed by atoms with van der Waals surface area (Å²) in [6.07, 6.45) is 5.04. The number of carbonyl (C=O) groups is 1. The quantitative estimate of drug-likeness (QED) is 0.463. The molecule has 10 heteroatoms. The van der Waals surface area contributed by atoms with Crippen molar-refractivity contribution in [2.75, 3.05) is 0 Å². The summed E-state index contributed by atoms with van der Waals surface area (Å²) in [5, 5.41) is 15.2. The van der Waals surface area contributed by atoms with Crippen molar-refractivity contribution in [3.05, 3.63) is 76.2 Å². The van der Waals surface area contributed by atoms with E-state index in [0.717, 1.165) is 11.3 Å². The fourth-order valence-electron chi connectivity index (χ4n) is 3.22. The zero-order valence-corrected chi connectivity index (χ0v) is 19.5. The fourth-order valence-corrected chi connectivity index (χ4v) is 3.52. The standard InChI is InChI=1S/C23H23ClN8O/c1-13(2)22-29-30-31-32(22)17-7-18(20-6-5-14(3)9-27-20)21(24)19(8-17)23(33)28-12-16-11-25-15(4)10-26-16/h5-11,13H,12H2,1-4H3,(H,28,33). The van der Waals surface area contributed by atoms with Gasteiger partial charge in [0.25, 0.3) is 5.91 Å². The molecule has 0 aliphatic rings. The van der Waals surface area contributed by atoms with Gasteiger partial charge >= 0.3 is 0 Å². The van der Waals surface area contributed by atoms with E-state index in [-0.39, 0.29) is 23.9 Å². The first kappa shape index (κ1) is 22.5. The highest BCUT2D eigenvalue weighted by Crippen LogP contribution is 2.33. The van der Waals surface area contributed by atoms with E-state index in [9.17, 15) is 4.79 Å². The molecule has 0 saturated heterocycles. The number of tetrazole rings is 1. The average Bonchev–Trinajstić information content (AvgIpc) is 3.30. The lowest BCUT2D eigenvalue weighted by Gasteiger charge is -2.14. The Hall–Kier alpha value is -3.72. The molecule has 33 heavy (non-hydrogen) atoms. The van der Waals surface area contributed by atoms with Crippen LogP contribution in [0, 0.1) is 13.8 Å². The second-order valence-corrected chi connectivity index (χ2v) is 8.39. The molecule has 0 unspecified atom stereocenters. The van der Waals surface area contributed by atoms with E-state index in [0.29, 0.717) is 33.5 Å². The van der Waals surface area contributed by atoms with E-state index >= 15 is 0 Å². The molecule has 168 valence electrons. The number of nitrogens with one attached hydrogen (secondary N) is 1. The lowest BCUT2D eigenvalue weighted by molar-refractivity contribution is 0.0950. The van der Waals surface area contributed by atoms with Gasteiger partial charge in [0.2, 0.25) is 0 Å². The highest BCUT2D eigenvalue weighted by molar-refractivity contribution is 6.36. The van der Waals surface area contributed by atoms with Crippen molar-refractivity contribution >= 4 is 17.5 Å². The number of benzene rings is 1. The number of aryl methyl sites for hydroxylation is 2. The summed E-state index contributed by atoms with van der Waals surface area (Å²) >= 11 is 6.73. The zero-order chi connectivity index (χ0) is 23.5. The molecule has 0 bridgehead atoms. The van der Waals surface area contributed by atoms with Crippen LogP contribution < -0.4 is 5.32 Å². The van der Waals surface area contributed by atoms with Crippen molar-refractivity contribution in [2.24, 2.45) is 0 Å². The van der Waals surface area contributed by atoms with Gasteiger partial charge in [-0.2, -0.15) is 4.68 Å². The first-order valence-corrected chi connectivity index (χ1v) is 10.8. The number of pyridine rings is 1. The van der Waals surface area contributed by atoms with E-state index in [1.807, 2.05) is 45.9 Å². The molecule has 0 saturated carbocycles. The second kappa shape index (κ2) is 9.41. The van der Waals surface area contributed by atoms with Gasteiger partial charge < -0.3 is 5.32 Å². The van der Waals surface area contributed by atoms with Crippen LogP contribution in [-0.2, 0) is 6.54 Å². The smallest absolute Gasteiger partial charge is 0.253 e. The molecule has 0 aliphatic heterocycles. The topological polar surface area (TPSA) is 111 Å². The average molecular weight is 463 g/mol. The number of rotatable bonds is 6. The van der Waals surface area contributed by atoms with Gasteiger partial charge in [-0.25, -0.2) is 0 Å². The van der Waals surface area contributed by atoms with Gasteiger partial charge in [0, 0.05) is 23.9 Å². The summed E-state index contributed by atoms with van der Waals surface area (Å²) in [5.74, 6) is 0.396. The third-order valence-corrected chi connectivity index (χ3v) is 5.42. The fraction of sp³-hybridized carbons (Fsp3) is 0.261. The van der Waals surface area contributed by atoms with Gasteiger partial charge in [0.1, 0.15) is 0 Å². The molecule has 1 aromatic carbocycles. The van der Waals surface area contributed by atoms with Crippen LogP contribution in [0.15, 0.2) is 42.9 Å². The molecule has 4 rings (SSSR count). The van der Waals surface area contributed by atoms with Gasteiger partial charge in [0.15, 0.2) is 5.82 Å². The minimum absolute atomic E-state index is 0.0778. The van der Waals surface area contributed by atoms with Crippen LogP contribution in [-0.4, -0.2) is 41.1 Å². The van der Waals surface area contributed by atoms with Crippen molar-refractivity contribution < 1.29 is 4.79 Å². The minimum atomic E-state index is -0.350. The third-order valence-electron chi connectivity index (χ3n) is 5.01. The lowest BCUT2D eigenvalue weighted by atomic mass is 10.0. The summed E-state index contributed by atoms with van der Waals surface area (Å²) < 4.78 is 1.61. The Morgan fingerprint density at radius 1 is 1.09 bits per heavy atom. The van der Waals surface area contributed by atoms with Crippen molar-refractivity contribution in [1.82, 2.24) is 40.5 Å². The van der Waals surface area contributed by atoms with E-state index in [2.05, 4.69) is 35.8 Å². The Kier molecular flexibility index (Phi) is 6.41. The molecule has 0 atom stereocenters. The van der Waals surface area contributed by atoms with Crippen LogP contribution >= 0.6 is 11.6 Å². The minimum Gasteiger partial charge on any atom is -0.346 e. The molecule has 0 spiro atoms. The molecular weight excluding hydrogens is 440 g/mol. The molecular formula is C23H23ClN8O. The monoisotopic (exact) mass is 462 g/mol. The van der Waals surface area contributed by atoms with Gasteiger partial charge in [-0.1, -0.05) is 31.5 Å². The van der Waals surface area contributed by atoms with Crippen molar-refractivity contribution in [1.29, 1.82) is 0 Å². The number of halogens is 1. The largest absolute Gasteiger partial charge is 0.346 e. The van der Waals surface area contributed by atoms with Gasteiger partial charge in [-0.15, -0.1) is 5.10 Å². The first-order valence-electron chi connectivity index (χ1n) is 10.4. The van der Waals surface area contributed by atoms with Gasteiger partial charge in [0.05, 0.1) is 46.1 Å². The van der Waals surface area contributed by atoms with Crippen LogP contribution in [0.5, 0.6) is 0 Å². The van der Waals surface area contributed by atoms with Gasteiger partial charge in [-0.05, 0) is 48.0 Å². The molecule has 1 amide bonds. The summed E-state index contributed by atoms with van der Waals surface area (Å²) in [7, 11) is 0. The van der Waals surface area contributed by atoms with Crippen LogP contribution in [0.25, 0.3) is 16.9 Å². The Morgan fingerprint density at radius 2 is 1.91 bits per heavy atom. The van der Waals surface area contributed by atoms with Crippen LogP contribution in [0.1, 0.15) is 52.9 Å². The van der Waals surface area contributed by atoms with Crippen molar-refractivity contribution in [2.45, 2.75) is 40.2 Å². The van der Waals surface area contributed by atoms with E-state index < -0.39 is 0 Å². The summed E-state index contributed by atoms with van der Waals surface area (Å²) in [4.78, 5) is 26.1. The maximum absolute atomic E-state index is 13.2. The number of nitrogens with zero attached hydrogens (tertiary/aromatic N) is 7. The second-order valence-electron chi connectivity index (χ2n) is 8.01. The van der Waals surface area contributed by atoms with Crippen molar-refractivity contribution in [3.8, 4) is 16.9 Å². The van der Waals surface area contributed by atoms with Gasteiger partial charge in [-0.3, -0.25) is 19.7 Å². The zero-order valence-electron chi connectivity index (χ0n) is 18.7. The number of amides is 1. The normalized spacial score (nSPS) is 11.1. The maximum atomic E-state index is 13.2. The Bertz CT molecular complexity index is 1280. The van der Waals surface area contributed by atoms with Crippen LogP contribution in [0.2, 0.25) is 5.02 Å². The lowest BCUT2D eigenvalue weighted by Crippen LogP contribution is -2.24. The molecule has 0 fully saturated rings. The first-order chi connectivity index (χ1) is 15.8. The molecule has 9 nitrogen and oxygen atoms in total. The summed E-state index contributed by atoms with van der Waals surface area (Å²) in [6, 6.07) is 7.33. The SMILES string of the molecule is Cc1ccc(-c2cc(-n3nnnc3C(C)C)cc(C(=O)NCc3cnc(C)cn3)c2Cl)nc1. The molecule has 0 radical (unpaired) electrons. The highest BCUT2D eigenvalue weighted by Gasteiger charge is 2.21. The number of hydrogen-bond acceptors (Lipinski definition) is 7. The number of aromatic nitrogens is 7. The Balaban J connectivity index is 1.76.